The van der Waals surface area contributed by atoms with Gasteiger partial charge in [-0.25, -0.2) is 8.42 Å². The van der Waals surface area contributed by atoms with Crippen LogP contribution in [-0.4, -0.2) is 54.8 Å². The van der Waals surface area contributed by atoms with Crippen LogP contribution in [0.5, 0.6) is 0 Å². The highest BCUT2D eigenvalue weighted by atomic mass is 32.2. The normalized spacial score (nSPS) is 14.8. The molecule has 4 rings (SSSR count). The predicted octanol–water partition coefficient (Wildman–Crippen LogP) is 1.85. The number of hydrogen-bond acceptors (Lipinski definition) is 7. The second-order valence-corrected chi connectivity index (χ2v) is 9.09. The quantitative estimate of drug-likeness (QED) is 0.421. The molecular weight excluding hydrogens is 459 g/mol. The number of carbonyl (C=O) groups is 1. The lowest BCUT2D eigenvalue weighted by molar-refractivity contribution is -0.387. The van der Waals surface area contributed by atoms with Gasteiger partial charge in [0.25, 0.3) is 5.91 Å². The van der Waals surface area contributed by atoms with Crippen molar-refractivity contribution in [1.82, 2.24) is 9.29 Å². The number of nitro groups is 1. The Labute approximate surface area is 186 Å². The summed E-state index contributed by atoms with van der Waals surface area (Å²) < 4.78 is 46.0. The maximum absolute atomic E-state index is 13.6. The molecule has 0 saturated carbocycles. The molecule has 0 bridgehead atoms. The summed E-state index contributed by atoms with van der Waals surface area (Å²) in [5, 5.41) is 13.5. The SMILES string of the molecule is O=C(Nc1ccc(F)c([N+](=O)[O-])c1)c1cc(=O)[nH]c2ccc(S(=O)(=O)N3CCOCC3)cc12. The largest absolute Gasteiger partial charge is 0.379 e. The zero-order valence-corrected chi connectivity index (χ0v) is 17.7. The number of sulfonamides is 1. The Kier molecular flexibility index (Phi) is 5.93. The van der Waals surface area contributed by atoms with E-state index in [-0.39, 0.29) is 53.4 Å². The van der Waals surface area contributed by atoms with Crippen LogP contribution in [0, 0.1) is 15.9 Å². The van der Waals surface area contributed by atoms with Crippen molar-refractivity contribution in [2.24, 2.45) is 0 Å². The van der Waals surface area contributed by atoms with Crippen molar-refractivity contribution in [3.63, 3.8) is 0 Å². The Morgan fingerprint density at radius 1 is 1.15 bits per heavy atom. The zero-order chi connectivity index (χ0) is 23.8. The third-order valence-electron chi connectivity index (χ3n) is 5.07. The van der Waals surface area contributed by atoms with E-state index in [2.05, 4.69) is 10.3 Å². The number of nitro benzene ring substituents is 1. The summed E-state index contributed by atoms with van der Waals surface area (Å²) in [5.41, 5.74) is -1.44. The van der Waals surface area contributed by atoms with Crippen LogP contribution < -0.4 is 10.9 Å². The second kappa shape index (κ2) is 8.69. The van der Waals surface area contributed by atoms with Crippen molar-refractivity contribution in [1.29, 1.82) is 0 Å². The minimum Gasteiger partial charge on any atom is -0.379 e. The van der Waals surface area contributed by atoms with Gasteiger partial charge in [0.05, 0.1) is 28.6 Å². The summed E-state index contributed by atoms with van der Waals surface area (Å²) in [6, 6.07) is 7.77. The van der Waals surface area contributed by atoms with Crippen LogP contribution >= 0.6 is 0 Å². The molecule has 1 aliphatic rings. The maximum atomic E-state index is 13.6. The van der Waals surface area contributed by atoms with Gasteiger partial charge in [0.2, 0.25) is 21.4 Å². The lowest BCUT2D eigenvalue weighted by atomic mass is 10.1. The first-order valence-corrected chi connectivity index (χ1v) is 11.1. The van der Waals surface area contributed by atoms with Crippen LogP contribution in [0.2, 0.25) is 0 Å². The van der Waals surface area contributed by atoms with E-state index in [4.69, 9.17) is 4.74 Å². The van der Waals surface area contributed by atoms with E-state index in [1.807, 2.05) is 0 Å². The monoisotopic (exact) mass is 476 g/mol. The molecule has 1 fully saturated rings. The molecule has 1 aromatic heterocycles. The molecule has 1 aliphatic heterocycles. The van der Waals surface area contributed by atoms with Gasteiger partial charge in [0.1, 0.15) is 0 Å². The minimum absolute atomic E-state index is 0.0707. The molecule has 1 saturated heterocycles. The molecule has 0 unspecified atom stereocenters. The number of aromatic amines is 1. The molecule has 11 nitrogen and oxygen atoms in total. The van der Waals surface area contributed by atoms with Gasteiger partial charge in [-0.2, -0.15) is 8.70 Å². The highest BCUT2D eigenvalue weighted by Crippen LogP contribution is 2.25. The third kappa shape index (κ3) is 4.46. The molecule has 2 heterocycles. The lowest BCUT2D eigenvalue weighted by Crippen LogP contribution is -2.40. The topological polar surface area (TPSA) is 152 Å². The van der Waals surface area contributed by atoms with Crippen LogP contribution in [0.25, 0.3) is 10.9 Å². The van der Waals surface area contributed by atoms with Crippen LogP contribution in [0.4, 0.5) is 15.8 Å². The number of H-pyrrole nitrogens is 1. The van der Waals surface area contributed by atoms with Crippen LogP contribution in [0.3, 0.4) is 0 Å². The highest BCUT2D eigenvalue weighted by molar-refractivity contribution is 7.89. The van der Waals surface area contributed by atoms with Gasteiger partial charge in [-0.15, -0.1) is 0 Å². The molecule has 2 aromatic carbocycles. The average molecular weight is 476 g/mol. The van der Waals surface area contributed by atoms with E-state index in [1.165, 1.54) is 22.5 Å². The molecule has 13 heteroatoms. The molecule has 172 valence electrons. The van der Waals surface area contributed by atoms with Gasteiger partial charge < -0.3 is 15.0 Å². The number of fused-ring (bicyclic) bond motifs is 1. The Morgan fingerprint density at radius 3 is 2.58 bits per heavy atom. The number of amides is 1. The number of rotatable bonds is 5. The second-order valence-electron chi connectivity index (χ2n) is 7.15. The predicted molar refractivity (Wildman–Crippen MR) is 115 cm³/mol. The van der Waals surface area contributed by atoms with E-state index in [0.29, 0.717) is 0 Å². The van der Waals surface area contributed by atoms with Crippen molar-refractivity contribution in [2.45, 2.75) is 4.90 Å². The van der Waals surface area contributed by atoms with Gasteiger partial charge in [0, 0.05) is 41.8 Å². The van der Waals surface area contributed by atoms with Crippen LogP contribution in [0.15, 0.2) is 52.2 Å². The molecule has 0 atom stereocenters. The number of benzene rings is 2. The van der Waals surface area contributed by atoms with Crippen molar-refractivity contribution in [3.8, 4) is 0 Å². The summed E-state index contributed by atoms with van der Waals surface area (Å²) in [7, 11) is -3.87. The molecule has 0 aliphatic carbocycles. The summed E-state index contributed by atoms with van der Waals surface area (Å²) in [5.74, 6) is -1.90. The van der Waals surface area contributed by atoms with E-state index in [9.17, 15) is 32.5 Å². The van der Waals surface area contributed by atoms with E-state index >= 15 is 0 Å². The van der Waals surface area contributed by atoms with Crippen LogP contribution in [0.1, 0.15) is 10.4 Å². The number of nitrogens with zero attached hydrogens (tertiary/aromatic N) is 2. The molecule has 0 radical (unpaired) electrons. The van der Waals surface area contributed by atoms with Crippen molar-refractivity contribution < 1.29 is 27.3 Å². The Morgan fingerprint density at radius 2 is 1.88 bits per heavy atom. The smallest absolute Gasteiger partial charge is 0.306 e. The Bertz CT molecular complexity index is 1430. The van der Waals surface area contributed by atoms with Crippen LogP contribution in [-0.2, 0) is 14.8 Å². The van der Waals surface area contributed by atoms with Gasteiger partial charge in [-0.3, -0.25) is 19.7 Å². The fraction of sp³-hybridized carbons (Fsp3) is 0.200. The Balaban J connectivity index is 1.75. The number of morpholine rings is 1. The number of pyridine rings is 1. The number of hydrogen-bond donors (Lipinski definition) is 2. The summed E-state index contributed by atoms with van der Waals surface area (Å²) in [4.78, 5) is 37.4. The fourth-order valence-electron chi connectivity index (χ4n) is 3.45. The number of aromatic nitrogens is 1. The van der Waals surface area contributed by atoms with Gasteiger partial charge in [-0.05, 0) is 30.3 Å². The minimum atomic E-state index is -3.87. The van der Waals surface area contributed by atoms with Gasteiger partial charge >= 0.3 is 5.69 Å². The molecule has 33 heavy (non-hydrogen) atoms. The molecular formula is C20H17FN4O7S. The number of ether oxygens (including phenoxy) is 1. The maximum Gasteiger partial charge on any atom is 0.306 e. The molecule has 1 amide bonds. The lowest BCUT2D eigenvalue weighted by Gasteiger charge is -2.26. The number of halogens is 1. The first-order chi connectivity index (χ1) is 15.7. The number of anilines is 1. The number of carbonyl (C=O) groups excluding carboxylic acids is 1. The van der Waals surface area contributed by atoms with Gasteiger partial charge in [0.15, 0.2) is 0 Å². The zero-order valence-electron chi connectivity index (χ0n) is 16.9. The fourth-order valence-corrected chi connectivity index (χ4v) is 4.88. The standard InChI is InChI=1S/C20H17FN4O7S/c21-16-3-1-12(9-18(16)25(28)29)22-20(27)15-11-19(26)23-17-4-2-13(10-14(15)17)33(30,31)24-5-7-32-8-6-24/h1-4,9-11H,5-8H2,(H,22,27)(H,23,26). The molecule has 3 aromatic rings. The molecule has 0 spiro atoms. The highest BCUT2D eigenvalue weighted by Gasteiger charge is 2.27. The Hall–Kier alpha value is -3.68. The van der Waals surface area contributed by atoms with Gasteiger partial charge in [-0.1, -0.05) is 0 Å². The van der Waals surface area contributed by atoms with Crippen molar-refractivity contribution >= 4 is 38.2 Å². The molecule has 2 N–H and O–H groups in total. The number of nitrogens with one attached hydrogen (secondary N) is 2. The van der Waals surface area contributed by atoms with Crippen molar-refractivity contribution in [2.75, 3.05) is 31.6 Å². The van der Waals surface area contributed by atoms with E-state index < -0.39 is 37.9 Å². The van der Waals surface area contributed by atoms with E-state index in [1.54, 1.807) is 0 Å². The third-order valence-corrected chi connectivity index (χ3v) is 6.96. The average Bonchev–Trinajstić information content (AvgIpc) is 2.79. The first-order valence-electron chi connectivity index (χ1n) is 9.67. The van der Waals surface area contributed by atoms with E-state index in [0.717, 1.165) is 24.3 Å². The summed E-state index contributed by atoms with van der Waals surface area (Å²) in [6.45, 7) is 0.889. The summed E-state index contributed by atoms with van der Waals surface area (Å²) >= 11 is 0. The first kappa shape index (κ1) is 22.5. The summed E-state index contributed by atoms with van der Waals surface area (Å²) in [6.07, 6.45) is 0. The van der Waals surface area contributed by atoms with Crippen molar-refractivity contribution in [3.05, 3.63) is 74.3 Å².